The highest BCUT2D eigenvalue weighted by atomic mass is 79.9. The van der Waals surface area contributed by atoms with Gasteiger partial charge in [-0.3, -0.25) is 4.79 Å². The summed E-state index contributed by atoms with van der Waals surface area (Å²) in [5.74, 6) is -0.468. The Balaban J connectivity index is 2.70. The Morgan fingerprint density at radius 3 is 2.65 bits per heavy atom. The summed E-state index contributed by atoms with van der Waals surface area (Å²) in [5.41, 5.74) is 1.18. The fraction of sp³-hybridized carbons (Fsp3) is 0.462. The number of carbonyl (C=O) groups is 1. The zero-order chi connectivity index (χ0) is 13.0. The van der Waals surface area contributed by atoms with Crippen LogP contribution in [0.25, 0.3) is 0 Å². The van der Waals surface area contributed by atoms with Crippen LogP contribution in [0.4, 0.5) is 4.39 Å². The largest absolute Gasteiger partial charge is 0.350 e. The first-order valence-electron chi connectivity index (χ1n) is 5.61. The standard InChI is InChI=1S/C13H17BrFNO/c1-8-6-11(15)4-5-12(8)13(17)16-10(3)7-9(2)14/h4-6,9-10H,7H2,1-3H3,(H,16,17). The first-order chi connectivity index (χ1) is 7.90. The van der Waals surface area contributed by atoms with Crippen LogP contribution in [0.15, 0.2) is 18.2 Å². The van der Waals surface area contributed by atoms with Gasteiger partial charge in [-0.2, -0.15) is 0 Å². The molecular weight excluding hydrogens is 285 g/mol. The molecule has 17 heavy (non-hydrogen) atoms. The third-order valence-electron chi connectivity index (χ3n) is 2.49. The molecule has 0 fully saturated rings. The van der Waals surface area contributed by atoms with Crippen molar-refractivity contribution < 1.29 is 9.18 Å². The van der Waals surface area contributed by atoms with Gasteiger partial charge in [0.05, 0.1) is 0 Å². The zero-order valence-electron chi connectivity index (χ0n) is 10.3. The summed E-state index contributed by atoms with van der Waals surface area (Å²) in [7, 11) is 0. The number of halogens is 2. The molecule has 2 unspecified atom stereocenters. The highest BCUT2D eigenvalue weighted by molar-refractivity contribution is 9.09. The first-order valence-corrected chi connectivity index (χ1v) is 6.52. The first kappa shape index (κ1) is 14.2. The van der Waals surface area contributed by atoms with Crippen LogP contribution in [-0.4, -0.2) is 16.8 Å². The van der Waals surface area contributed by atoms with Crippen molar-refractivity contribution in [3.8, 4) is 0 Å². The summed E-state index contributed by atoms with van der Waals surface area (Å²) in [6, 6.07) is 4.28. The lowest BCUT2D eigenvalue weighted by atomic mass is 10.1. The molecular formula is C13H17BrFNO. The molecule has 1 aromatic carbocycles. The second kappa shape index (κ2) is 6.15. The summed E-state index contributed by atoms with van der Waals surface area (Å²) < 4.78 is 12.9. The molecule has 0 radical (unpaired) electrons. The Bertz CT molecular complexity index is 406. The van der Waals surface area contributed by atoms with Crippen molar-refractivity contribution in [2.24, 2.45) is 0 Å². The molecule has 2 nitrogen and oxygen atoms in total. The smallest absolute Gasteiger partial charge is 0.251 e. The van der Waals surface area contributed by atoms with Crippen molar-refractivity contribution in [3.05, 3.63) is 35.1 Å². The van der Waals surface area contributed by atoms with Gasteiger partial charge in [0, 0.05) is 16.4 Å². The second-order valence-corrected chi connectivity index (χ2v) is 5.91. The second-order valence-electron chi connectivity index (χ2n) is 4.35. The Kier molecular flexibility index (Phi) is 5.12. The Hall–Kier alpha value is -0.900. The molecule has 1 aromatic rings. The minimum atomic E-state index is -0.318. The monoisotopic (exact) mass is 301 g/mol. The van der Waals surface area contributed by atoms with Crippen LogP contribution in [0, 0.1) is 12.7 Å². The van der Waals surface area contributed by atoms with Crippen LogP contribution < -0.4 is 5.32 Å². The number of alkyl halides is 1. The molecule has 1 amide bonds. The third-order valence-corrected chi connectivity index (χ3v) is 2.86. The molecule has 0 aliphatic rings. The number of benzene rings is 1. The minimum Gasteiger partial charge on any atom is -0.350 e. The molecule has 4 heteroatoms. The van der Waals surface area contributed by atoms with Crippen LogP contribution in [-0.2, 0) is 0 Å². The lowest BCUT2D eigenvalue weighted by molar-refractivity contribution is 0.0938. The van der Waals surface area contributed by atoms with E-state index in [9.17, 15) is 9.18 Å². The number of rotatable bonds is 4. The van der Waals surface area contributed by atoms with E-state index in [-0.39, 0.29) is 17.8 Å². The van der Waals surface area contributed by atoms with Gasteiger partial charge in [-0.1, -0.05) is 22.9 Å². The van der Waals surface area contributed by atoms with Crippen LogP contribution in [0.1, 0.15) is 36.2 Å². The van der Waals surface area contributed by atoms with Crippen molar-refractivity contribution in [2.75, 3.05) is 0 Å². The summed E-state index contributed by atoms with van der Waals surface area (Å²) in [5, 5.41) is 2.90. The highest BCUT2D eigenvalue weighted by Gasteiger charge is 2.13. The molecule has 2 atom stereocenters. The van der Waals surface area contributed by atoms with Crippen molar-refractivity contribution in [3.63, 3.8) is 0 Å². The van der Waals surface area contributed by atoms with Crippen LogP contribution in [0.2, 0.25) is 0 Å². The molecule has 0 saturated heterocycles. The van der Waals surface area contributed by atoms with E-state index in [2.05, 4.69) is 21.2 Å². The van der Waals surface area contributed by atoms with Crippen LogP contribution in [0.3, 0.4) is 0 Å². The summed E-state index contributed by atoms with van der Waals surface area (Å²) in [6.07, 6.45) is 0.853. The van der Waals surface area contributed by atoms with E-state index in [1.165, 1.54) is 18.2 Å². The van der Waals surface area contributed by atoms with Gasteiger partial charge in [0.25, 0.3) is 5.91 Å². The topological polar surface area (TPSA) is 29.1 Å². The molecule has 0 aliphatic carbocycles. The van der Waals surface area contributed by atoms with E-state index in [1.807, 2.05) is 13.8 Å². The van der Waals surface area contributed by atoms with Crippen molar-refractivity contribution in [1.82, 2.24) is 5.32 Å². The third kappa shape index (κ3) is 4.46. The van der Waals surface area contributed by atoms with Crippen molar-refractivity contribution >= 4 is 21.8 Å². The number of hydrogen-bond donors (Lipinski definition) is 1. The maximum absolute atomic E-state index is 12.9. The van der Waals surface area contributed by atoms with Crippen LogP contribution in [0.5, 0.6) is 0 Å². The van der Waals surface area contributed by atoms with Gasteiger partial charge in [-0.05, 0) is 44.0 Å². The number of amides is 1. The van der Waals surface area contributed by atoms with E-state index < -0.39 is 0 Å². The molecule has 0 spiro atoms. The fourth-order valence-electron chi connectivity index (χ4n) is 1.73. The van der Waals surface area contributed by atoms with Crippen molar-refractivity contribution in [2.45, 2.75) is 38.1 Å². The molecule has 0 saturated carbocycles. The SMILES string of the molecule is Cc1cc(F)ccc1C(=O)NC(C)CC(C)Br. The fourth-order valence-corrected chi connectivity index (χ4v) is 2.29. The molecule has 0 aromatic heterocycles. The molecule has 0 aliphatic heterocycles. The molecule has 1 N–H and O–H groups in total. The average Bonchev–Trinajstić information content (AvgIpc) is 2.15. The van der Waals surface area contributed by atoms with Gasteiger partial charge >= 0.3 is 0 Å². The van der Waals surface area contributed by atoms with E-state index >= 15 is 0 Å². The maximum Gasteiger partial charge on any atom is 0.251 e. The van der Waals surface area contributed by atoms with Gasteiger partial charge < -0.3 is 5.32 Å². The number of carbonyl (C=O) groups excluding carboxylic acids is 1. The number of aryl methyl sites for hydroxylation is 1. The lowest BCUT2D eigenvalue weighted by Gasteiger charge is -2.16. The van der Waals surface area contributed by atoms with Crippen molar-refractivity contribution in [1.29, 1.82) is 0 Å². The summed E-state index contributed by atoms with van der Waals surface area (Å²) in [6.45, 7) is 5.72. The van der Waals surface area contributed by atoms with E-state index in [1.54, 1.807) is 6.92 Å². The molecule has 1 rings (SSSR count). The number of hydrogen-bond acceptors (Lipinski definition) is 1. The van der Waals surface area contributed by atoms with Gasteiger partial charge in [0.2, 0.25) is 0 Å². The van der Waals surface area contributed by atoms with Gasteiger partial charge in [0.15, 0.2) is 0 Å². The van der Waals surface area contributed by atoms with E-state index in [0.29, 0.717) is 16.0 Å². The highest BCUT2D eigenvalue weighted by Crippen LogP contribution is 2.12. The quantitative estimate of drug-likeness (QED) is 0.848. The van der Waals surface area contributed by atoms with Gasteiger partial charge in [0.1, 0.15) is 5.82 Å². The predicted molar refractivity (Wildman–Crippen MR) is 71.1 cm³/mol. The lowest BCUT2D eigenvalue weighted by Crippen LogP contribution is -2.34. The Labute approximate surface area is 110 Å². The molecule has 94 valence electrons. The summed E-state index contributed by atoms with van der Waals surface area (Å²) >= 11 is 3.44. The van der Waals surface area contributed by atoms with Crippen LogP contribution >= 0.6 is 15.9 Å². The maximum atomic E-state index is 12.9. The minimum absolute atomic E-state index is 0.0846. The zero-order valence-corrected chi connectivity index (χ0v) is 11.8. The average molecular weight is 302 g/mol. The van der Waals surface area contributed by atoms with Gasteiger partial charge in [-0.15, -0.1) is 0 Å². The Morgan fingerprint density at radius 2 is 2.12 bits per heavy atom. The normalized spacial score (nSPS) is 14.2. The van der Waals surface area contributed by atoms with Gasteiger partial charge in [-0.25, -0.2) is 4.39 Å². The summed E-state index contributed by atoms with van der Waals surface area (Å²) in [4.78, 5) is 12.3. The van der Waals surface area contributed by atoms with E-state index in [0.717, 1.165) is 6.42 Å². The van der Waals surface area contributed by atoms with E-state index in [4.69, 9.17) is 0 Å². The predicted octanol–water partition coefficient (Wildman–Crippen LogP) is 3.43. The molecule has 0 bridgehead atoms. The Morgan fingerprint density at radius 1 is 1.47 bits per heavy atom. The molecule has 0 heterocycles. The number of nitrogens with one attached hydrogen (secondary N) is 1.